The summed E-state index contributed by atoms with van der Waals surface area (Å²) in [6.45, 7) is 1.97. The average molecular weight is 271 g/mol. The molecule has 3 nitrogen and oxygen atoms in total. The predicted octanol–water partition coefficient (Wildman–Crippen LogP) is 4.02. The van der Waals surface area contributed by atoms with Crippen molar-refractivity contribution in [1.29, 1.82) is 0 Å². The molecule has 2 aromatic carbocycles. The van der Waals surface area contributed by atoms with Crippen LogP contribution in [0.5, 0.6) is 0 Å². The van der Waals surface area contributed by atoms with Gasteiger partial charge in [-0.15, -0.1) is 0 Å². The first-order valence-electron chi connectivity index (χ1n) is 5.92. The van der Waals surface area contributed by atoms with Crippen molar-refractivity contribution < 1.29 is 9.32 Å². The second kappa shape index (κ2) is 4.24. The van der Waals surface area contributed by atoms with Crippen LogP contribution in [0.4, 0.5) is 5.69 Å². The number of hydrogen-bond acceptors (Lipinski definition) is 3. The Bertz CT molecular complexity index is 782. The molecule has 1 aliphatic rings. The zero-order chi connectivity index (χ0) is 13.5. The first-order chi connectivity index (χ1) is 9.08. The molecule has 0 saturated carbocycles. The van der Waals surface area contributed by atoms with Crippen LogP contribution in [0.15, 0.2) is 63.2 Å². The summed E-state index contributed by atoms with van der Waals surface area (Å²) in [6, 6.07) is 14.5. The molecule has 1 aliphatic heterocycles. The van der Waals surface area contributed by atoms with Gasteiger partial charge in [-0.3, -0.25) is 0 Å². The SMILES string of the molecule is Cc1ccc(S2(=O)=Nc3ccccc3C(O)=C2)cc1. The quantitative estimate of drug-likeness (QED) is 0.851. The zero-order valence-corrected chi connectivity index (χ0v) is 11.2. The molecule has 1 atom stereocenters. The van der Waals surface area contributed by atoms with Gasteiger partial charge in [-0.2, -0.15) is 4.36 Å². The maximum Gasteiger partial charge on any atom is 0.135 e. The van der Waals surface area contributed by atoms with E-state index in [-0.39, 0.29) is 5.76 Å². The van der Waals surface area contributed by atoms with Gasteiger partial charge in [0.05, 0.1) is 16.0 Å². The summed E-state index contributed by atoms with van der Waals surface area (Å²) in [5.74, 6) is 0.0242. The molecule has 0 saturated heterocycles. The predicted molar refractivity (Wildman–Crippen MR) is 76.7 cm³/mol. The standard InChI is InChI=1S/C15H13NO2S/c1-11-6-8-12(9-7-11)19(18)10-15(17)13-4-2-3-5-14(13)16-19/h2-10,17H,1H3. The number of aliphatic hydroxyl groups excluding tert-OH is 1. The van der Waals surface area contributed by atoms with Crippen LogP contribution in [-0.2, 0) is 9.73 Å². The van der Waals surface area contributed by atoms with Gasteiger partial charge in [0.2, 0.25) is 0 Å². The first-order valence-corrected chi connectivity index (χ1v) is 7.50. The van der Waals surface area contributed by atoms with E-state index >= 15 is 0 Å². The van der Waals surface area contributed by atoms with Gasteiger partial charge in [0, 0.05) is 5.56 Å². The fourth-order valence-electron chi connectivity index (χ4n) is 2.01. The highest BCUT2D eigenvalue weighted by Gasteiger charge is 2.19. The van der Waals surface area contributed by atoms with Crippen LogP contribution in [0.3, 0.4) is 0 Å². The summed E-state index contributed by atoms with van der Waals surface area (Å²) in [4.78, 5) is 0.610. The van der Waals surface area contributed by atoms with E-state index in [4.69, 9.17) is 0 Å². The number of aryl methyl sites for hydroxylation is 1. The maximum absolute atomic E-state index is 12.9. The van der Waals surface area contributed by atoms with Crippen LogP contribution in [-0.4, -0.2) is 9.32 Å². The van der Waals surface area contributed by atoms with Gasteiger partial charge in [0.25, 0.3) is 0 Å². The Hall–Kier alpha value is -2.07. The fourth-order valence-corrected chi connectivity index (χ4v) is 3.71. The molecule has 0 bridgehead atoms. The van der Waals surface area contributed by atoms with Crippen molar-refractivity contribution >= 4 is 21.2 Å². The van der Waals surface area contributed by atoms with Gasteiger partial charge in [-0.05, 0) is 31.2 Å². The molecule has 0 fully saturated rings. The van der Waals surface area contributed by atoms with E-state index in [9.17, 15) is 9.32 Å². The van der Waals surface area contributed by atoms with Crippen molar-refractivity contribution in [2.75, 3.05) is 0 Å². The Morgan fingerprint density at radius 1 is 1.05 bits per heavy atom. The van der Waals surface area contributed by atoms with E-state index in [0.717, 1.165) is 5.56 Å². The zero-order valence-electron chi connectivity index (χ0n) is 10.4. The fraction of sp³-hybridized carbons (Fsp3) is 0.0667. The largest absolute Gasteiger partial charge is 0.507 e. The number of nitrogens with zero attached hydrogens (tertiary/aromatic N) is 1. The van der Waals surface area contributed by atoms with E-state index in [1.54, 1.807) is 24.3 Å². The molecule has 0 radical (unpaired) electrons. The molecule has 1 N–H and O–H groups in total. The molecule has 2 aromatic rings. The van der Waals surface area contributed by atoms with Gasteiger partial charge < -0.3 is 5.11 Å². The Morgan fingerprint density at radius 2 is 1.74 bits per heavy atom. The van der Waals surface area contributed by atoms with E-state index in [1.807, 2.05) is 31.2 Å². The minimum absolute atomic E-state index is 0.0242. The van der Waals surface area contributed by atoms with Gasteiger partial charge in [0.15, 0.2) is 0 Å². The van der Waals surface area contributed by atoms with Crippen molar-refractivity contribution in [1.82, 2.24) is 0 Å². The normalized spacial score (nSPS) is 21.2. The number of benzene rings is 2. The second-order valence-corrected chi connectivity index (χ2v) is 6.52. The molecular weight excluding hydrogens is 258 g/mol. The van der Waals surface area contributed by atoms with Crippen LogP contribution in [0.1, 0.15) is 11.1 Å². The number of hydrogen-bond donors (Lipinski definition) is 1. The smallest absolute Gasteiger partial charge is 0.135 e. The molecule has 0 amide bonds. The molecule has 0 aromatic heterocycles. The van der Waals surface area contributed by atoms with Crippen LogP contribution in [0.2, 0.25) is 0 Å². The number of rotatable bonds is 1. The molecular formula is C15H13NO2S. The lowest BCUT2D eigenvalue weighted by Gasteiger charge is -2.14. The lowest BCUT2D eigenvalue weighted by Crippen LogP contribution is -2.02. The lowest BCUT2D eigenvalue weighted by atomic mass is 10.1. The third-order valence-corrected chi connectivity index (χ3v) is 5.00. The van der Waals surface area contributed by atoms with Gasteiger partial charge in [-0.1, -0.05) is 29.8 Å². The van der Waals surface area contributed by atoms with Crippen molar-refractivity contribution in [2.24, 2.45) is 4.36 Å². The van der Waals surface area contributed by atoms with Crippen LogP contribution < -0.4 is 0 Å². The summed E-state index contributed by atoms with van der Waals surface area (Å²) in [6.07, 6.45) is 0. The Balaban J connectivity index is 2.25. The van der Waals surface area contributed by atoms with E-state index < -0.39 is 9.73 Å². The Labute approximate surface area is 112 Å². The molecule has 96 valence electrons. The van der Waals surface area contributed by atoms with Crippen LogP contribution in [0, 0.1) is 6.92 Å². The monoisotopic (exact) mass is 271 g/mol. The molecule has 4 heteroatoms. The summed E-state index contributed by atoms with van der Waals surface area (Å²) >= 11 is 0. The molecule has 1 unspecified atom stereocenters. The second-order valence-electron chi connectivity index (χ2n) is 4.49. The summed E-state index contributed by atoms with van der Waals surface area (Å²) in [7, 11) is -2.74. The first kappa shape index (κ1) is 12.0. The highest BCUT2D eigenvalue weighted by molar-refractivity contribution is 7.96. The molecule has 19 heavy (non-hydrogen) atoms. The van der Waals surface area contributed by atoms with Crippen molar-refractivity contribution in [3.8, 4) is 0 Å². The molecule has 0 aliphatic carbocycles. The third-order valence-electron chi connectivity index (χ3n) is 3.04. The number of fused-ring (bicyclic) bond motifs is 1. The molecule has 0 spiro atoms. The summed E-state index contributed by atoms with van der Waals surface area (Å²) in [5.41, 5.74) is 2.28. The molecule has 3 rings (SSSR count). The van der Waals surface area contributed by atoms with Crippen molar-refractivity contribution in [3.05, 3.63) is 65.1 Å². The highest BCUT2D eigenvalue weighted by atomic mass is 32.2. The highest BCUT2D eigenvalue weighted by Crippen LogP contribution is 2.34. The van der Waals surface area contributed by atoms with Gasteiger partial charge in [0.1, 0.15) is 15.5 Å². The topological polar surface area (TPSA) is 49.7 Å². The van der Waals surface area contributed by atoms with Crippen LogP contribution >= 0.6 is 0 Å². The minimum atomic E-state index is -2.74. The van der Waals surface area contributed by atoms with Crippen LogP contribution in [0.25, 0.3) is 5.76 Å². The molecule has 1 heterocycles. The van der Waals surface area contributed by atoms with Gasteiger partial charge >= 0.3 is 0 Å². The summed E-state index contributed by atoms with van der Waals surface area (Å²) in [5, 5.41) is 11.4. The van der Waals surface area contributed by atoms with E-state index in [0.29, 0.717) is 16.1 Å². The average Bonchev–Trinajstić information content (AvgIpc) is 2.39. The van der Waals surface area contributed by atoms with Gasteiger partial charge in [-0.25, -0.2) is 4.21 Å². The van der Waals surface area contributed by atoms with Crippen molar-refractivity contribution in [2.45, 2.75) is 11.8 Å². The van der Waals surface area contributed by atoms with E-state index in [2.05, 4.69) is 4.36 Å². The third kappa shape index (κ3) is 2.04. The minimum Gasteiger partial charge on any atom is -0.507 e. The Kier molecular flexibility index (Phi) is 2.68. The summed E-state index contributed by atoms with van der Waals surface area (Å²) < 4.78 is 17.2. The Morgan fingerprint density at radius 3 is 2.47 bits per heavy atom. The lowest BCUT2D eigenvalue weighted by molar-refractivity contribution is 0.512. The van der Waals surface area contributed by atoms with Crippen molar-refractivity contribution in [3.63, 3.8) is 0 Å². The van der Waals surface area contributed by atoms with E-state index in [1.165, 1.54) is 5.41 Å². The maximum atomic E-state index is 12.9. The number of aliphatic hydroxyl groups is 1.